The van der Waals surface area contributed by atoms with E-state index in [0.29, 0.717) is 19.1 Å². The molecule has 0 saturated carbocycles. The summed E-state index contributed by atoms with van der Waals surface area (Å²) in [4.78, 5) is 9.10. The summed E-state index contributed by atoms with van der Waals surface area (Å²) in [6.07, 6.45) is 2.82. The van der Waals surface area contributed by atoms with E-state index in [0.717, 1.165) is 31.7 Å². The van der Waals surface area contributed by atoms with Crippen LogP contribution in [0.25, 0.3) is 0 Å². The third-order valence-electron chi connectivity index (χ3n) is 6.03. The van der Waals surface area contributed by atoms with Crippen LogP contribution in [0.15, 0.2) is 36.5 Å². The van der Waals surface area contributed by atoms with Crippen molar-refractivity contribution in [3.8, 4) is 0 Å². The third kappa shape index (κ3) is 4.79. The summed E-state index contributed by atoms with van der Waals surface area (Å²) in [7, 11) is -0.726. The van der Waals surface area contributed by atoms with Crippen molar-refractivity contribution in [3.63, 3.8) is 0 Å². The molecule has 0 spiro atoms. The van der Waals surface area contributed by atoms with Crippen LogP contribution in [0.5, 0.6) is 0 Å². The van der Waals surface area contributed by atoms with Crippen LogP contribution in [0.3, 0.4) is 0 Å². The van der Waals surface area contributed by atoms with Gasteiger partial charge in [0, 0.05) is 50.6 Å². The van der Waals surface area contributed by atoms with Gasteiger partial charge < -0.3 is 10.2 Å². The Balaban J connectivity index is 1.44. The highest BCUT2D eigenvalue weighted by Crippen LogP contribution is 2.29. The number of fused-ring (bicyclic) bond motifs is 1. The van der Waals surface area contributed by atoms with E-state index >= 15 is 0 Å². The SMILES string of the molecule is Cc1cccnc1CN(C)C[C@H]1Cc2c(cccc2N2CCS(=O)(=O)CC2)CN1. The maximum atomic E-state index is 11.8. The first-order chi connectivity index (χ1) is 13.9. The Morgan fingerprint density at radius 3 is 2.76 bits per heavy atom. The summed E-state index contributed by atoms with van der Waals surface area (Å²) >= 11 is 0. The highest BCUT2D eigenvalue weighted by molar-refractivity contribution is 7.91. The lowest BCUT2D eigenvalue weighted by atomic mass is 9.93. The summed E-state index contributed by atoms with van der Waals surface area (Å²) in [5.41, 5.74) is 6.27. The van der Waals surface area contributed by atoms with Crippen molar-refractivity contribution in [1.29, 1.82) is 0 Å². The van der Waals surface area contributed by atoms with Gasteiger partial charge in [-0.15, -0.1) is 0 Å². The minimum atomic E-state index is -2.87. The van der Waals surface area contributed by atoms with E-state index in [9.17, 15) is 8.42 Å². The van der Waals surface area contributed by atoms with E-state index < -0.39 is 9.84 Å². The summed E-state index contributed by atoms with van der Waals surface area (Å²) in [5, 5.41) is 3.67. The maximum absolute atomic E-state index is 11.8. The summed E-state index contributed by atoms with van der Waals surface area (Å²) < 4.78 is 23.6. The molecule has 29 heavy (non-hydrogen) atoms. The normalized spacial score (nSPS) is 21.2. The van der Waals surface area contributed by atoms with Crippen LogP contribution in [-0.2, 0) is 29.3 Å². The fourth-order valence-electron chi connectivity index (χ4n) is 4.35. The topological polar surface area (TPSA) is 65.5 Å². The lowest BCUT2D eigenvalue weighted by Gasteiger charge is -2.35. The Bertz CT molecular complexity index is 963. The van der Waals surface area contributed by atoms with E-state index in [1.54, 1.807) is 0 Å². The molecule has 2 aromatic rings. The van der Waals surface area contributed by atoms with E-state index in [2.05, 4.69) is 58.3 Å². The van der Waals surface area contributed by atoms with E-state index in [-0.39, 0.29) is 11.5 Å². The molecule has 1 fully saturated rings. The van der Waals surface area contributed by atoms with Gasteiger partial charge in [0.15, 0.2) is 9.84 Å². The zero-order valence-electron chi connectivity index (χ0n) is 17.3. The second-order valence-electron chi connectivity index (χ2n) is 8.30. The lowest BCUT2D eigenvalue weighted by Crippen LogP contribution is -2.45. The van der Waals surface area contributed by atoms with Crippen molar-refractivity contribution in [2.24, 2.45) is 0 Å². The van der Waals surface area contributed by atoms with Gasteiger partial charge in [0.25, 0.3) is 0 Å². The molecule has 7 heteroatoms. The second kappa shape index (κ2) is 8.42. The van der Waals surface area contributed by atoms with Gasteiger partial charge in [-0.2, -0.15) is 0 Å². The quantitative estimate of drug-likeness (QED) is 0.805. The average Bonchev–Trinajstić information content (AvgIpc) is 2.69. The minimum Gasteiger partial charge on any atom is -0.369 e. The van der Waals surface area contributed by atoms with Gasteiger partial charge in [0.2, 0.25) is 0 Å². The molecule has 1 saturated heterocycles. The van der Waals surface area contributed by atoms with Gasteiger partial charge in [-0.1, -0.05) is 18.2 Å². The number of likely N-dealkylation sites (N-methyl/N-ethyl adjacent to an activating group) is 1. The Hall–Kier alpha value is -1.96. The zero-order valence-corrected chi connectivity index (χ0v) is 18.1. The van der Waals surface area contributed by atoms with Gasteiger partial charge in [0.1, 0.15) is 0 Å². The fraction of sp³-hybridized carbons (Fsp3) is 0.500. The maximum Gasteiger partial charge on any atom is 0.153 e. The molecule has 0 amide bonds. The van der Waals surface area contributed by atoms with Gasteiger partial charge in [0.05, 0.1) is 17.2 Å². The number of anilines is 1. The number of sulfone groups is 1. The Labute approximate surface area is 173 Å². The number of pyridine rings is 1. The molecule has 1 N–H and O–H groups in total. The van der Waals surface area contributed by atoms with Crippen molar-refractivity contribution < 1.29 is 8.42 Å². The monoisotopic (exact) mass is 414 g/mol. The largest absolute Gasteiger partial charge is 0.369 e. The zero-order chi connectivity index (χ0) is 20.4. The lowest BCUT2D eigenvalue weighted by molar-refractivity contribution is 0.271. The molecule has 156 valence electrons. The Morgan fingerprint density at radius 1 is 1.21 bits per heavy atom. The van der Waals surface area contributed by atoms with E-state index in [1.807, 2.05) is 12.3 Å². The van der Waals surface area contributed by atoms with E-state index in [4.69, 9.17) is 0 Å². The number of nitrogens with zero attached hydrogens (tertiary/aromatic N) is 3. The summed E-state index contributed by atoms with van der Waals surface area (Å²) in [5.74, 6) is 0.509. The molecular formula is C22H30N4O2S. The number of rotatable bonds is 5. The van der Waals surface area contributed by atoms with Crippen molar-refractivity contribution >= 4 is 15.5 Å². The van der Waals surface area contributed by atoms with E-state index in [1.165, 1.54) is 22.4 Å². The molecular weight excluding hydrogens is 384 g/mol. The Kier molecular flexibility index (Phi) is 5.90. The number of aromatic nitrogens is 1. The summed E-state index contributed by atoms with van der Waals surface area (Å²) in [6.45, 7) is 5.93. The molecule has 4 rings (SSSR count). The summed E-state index contributed by atoms with van der Waals surface area (Å²) in [6, 6.07) is 10.9. The van der Waals surface area contributed by atoms with Crippen molar-refractivity contribution in [3.05, 3.63) is 58.9 Å². The first-order valence-electron chi connectivity index (χ1n) is 10.3. The number of hydrogen-bond donors (Lipinski definition) is 1. The molecule has 1 aromatic heterocycles. The second-order valence-corrected chi connectivity index (χ2v) is 10.6. The molecule has 6 nitrogen and oxygen atoms in total. The molecule has 1 atom stereocenters. The fourth-order valence-corrected chi connectivity index (χ4v) is 5.56. The predicted molar refractivity (Wildman–Crippen MR) is 117 cm³/mol. The third-order valence-corrected chi connectivity index (χ3v) is 7.64. The molecule has 2 aliphatic rings. The molecule has 0 unspecified atom stereocenters. The smallest absolute Gasteiger partial charge is 0.153 e. The molecule has 0 aliphatic carbocycles. The standard InChI is InChI=1S/C22H30N4O2S/c1-17-5-4-8-23-21(17)16-25(2)15-19-13-20-18(14-24-19)6-3-7-22(20)26-9-11-29(27,28)12-10-26/h3-8,19,24H,9-16H2,1-2H3/t19-/m1/s1. The first-order valence-corrected chi connectivity index (χ1v) is 12.1. The number of nitrogens with one attached hydrogen (secondary N) is 1. The number of benzene rings is 1. The predicted octanol–water partition coefficient (Wildman–Crippen LogP) is 1.77. The van der Waals surface area contributed by atoms with Crippen molar-refractivity contribution in [2.45, 2.75) is 32.5 Å². The van der Waals surface area contributed by atoms with Crippen molar-refractivity contribution in [1.82, 2.24) is 15.2 Å². The van der Waals surface area contributed by atoms with Crippen LogP contribution in [0.2, 0.25) is 0 Å². The van der Waals surface area contributed by atoms with Gasteiger partial charge in [-0.3, -0.25) is 9.88 Å². The van der Waals surface area contributed by atoms with Crippen LogP contribution < -0.4 is 10.2 Å². The van der Waals surface area contributed by atoms with Crippen LogP contribution in [-0.4, -0.2) is 62.5 Å². The molecule has 3 heterocycles. The van der Waals surface area contributed by atoms with Crippen LogP contribution in [0.4, 0.5) is 5.69 Å². The highest BCUT2D eigenvalue weighted by atomic mass is 32.2. The number of hydrogen-bond acceptors (Lipinski definition) is 6. The first kappa shape index (κ1) is 20.3. The van der Waals surface area contributed by atoms with Gasteiger partial charge >= 0.3 is 0 Å². The molecule has 0 radical (unpaired) electrons. The molecule has 1 aromatic carbocycles. The molecule has 0 bridgehead atoms. The minimum absolute atomic E-state index is 0.254. The van der Waals surface area contributed by atoms with Gasteiger partial charge in [-0.25, -0.2) is 8.42 Å². The highest BCUT2D eigenvalue weighted by Gasteiger charge is 2.27. The van der Waals surface area contributed by atoms with Crippen LogP contribution in [0, 0.1) is 6.92 Å². The Morgan fingerprint density at radius 2 is 2.00 bits per heavy atom. The number of aryl methyl sites for hydroxylation is 1. The average molecular weight is 415 g/mol. The molecule has 2 aliphatic heterocycles. The van der Waals surface area contributed by atoms with Crippen molar-refractivity contribution in [2.75, 3.05) is 43.1 Å². The van der Waals surface area contributed by atoms with Gasteiger partial charge in [-0.05, 0) is 49.2 Å². The van der Waals surface area contributed by atoms with Crippen LogP contribution in [0.1, 0.15) is 22.4 Å². The van der Waals surface area contributed by atoms with Crippen LogP contribution >= 0.6 is 0 Å².